The summed E-state index contributed by atoms with van der Waals surface area (Å²) in [6.45, 7) is 7.75. The van der Waals surface area contributed by atoms with Gasteiger partial charge in [0.15, 0.2) is 0 Å². The van der Waals surface area contributed by atoms with Crippen LogP contribution in [0, 0.1) is 25.7 Å². The van der Waals surface area contributed by atoms with Crippen molar-refractivity contribution in [2.24, 2.45) is 0 Å². The maximum atomic E-state index is 8.10. The van der Waals surface area contributed by atoms with Crippen molar-refractivity contribution >= 4 is 38.9 Å². The summed E-state index contributed by atoms with van der Waals surface area (Å²) >= 11 is 0. The third-order valence-corrected chi connectivity index (χ3v) is 7.49. The van der Waals surface area contributed by atoms with Gasteiger partial charge in [0.25, 0.3) is 0 Å². The monoisotopic (exact) mass is 733 g/mol. The molecule has 0 N–H and O–H groups in total. The molecule has 5 nitrogen and oxygen atoms in total. The quantitative estimate of drug-likeness (QED) is 0.170. The Balaban J connectivity index is 0.00000357. The molecule has 0 aliphatic carbocycles. The zero-order chi connectivity index (χ0) is 30.8. The van der Waals surface area contributed by atoms with Gasteiger partial charge in [-0.15, -0.1) is 47.0 Å². The van der Waals surface area contributed by atoms with E-state index in [1.54, 1.807) is 6.67 Å². The van der Waals surface area contributed by atoms with E-state index in [1.165, 1.54) is 4.90 Å². The van der Waals surface area contributed by atoms with Gasteiger partial charge >= 0.3 is 0 Å². The van der Waals surface area contributed by atoms with Crippen molar-refractivity contribution in [1.29, 1.82) is 0 Å². The van der Waals surface area contributed by atoms with Crippen LogP contribution in [0.25, 0.3) is 27.6 Å². The number of hydrogen-bond acceptors (Lipinski definition) is 4. The van der Waals surface area contributed by atoms with Gasteiger partial charge in [-0.05, 0) is 60.6 Å². The first-order valence-electron chi connectivity index (χ1n) is 15.1. The summed E-state index contributed by atoms with van der Waals surface area (Å²) in [7, 11) is 0. The molecule has 0 fully saturated rings. The molecule has 0 spiro atoms. The van der Waals surface area contributed by atoms with Crippen LogP contribution < -0.4 is 14.5 Å². The number of benzene rings is 4. The van der Waals surface area contributed by atoms with Crippen molar-refractivity contribution < 1.29 is 29.9 Å². The molecule has 0 radical (unpaired) electrons. The van der Waals surface area contributed by atoms with E-state index in [1.807, 2.05) is 71.8 Å². The summed E-state index contributed by atoms with van der Waals surface area (Å²) in [6, 6.07) is 34.7. The molecular formula is C36H31N4OPt-3. The topological polar surface area (TPSA) is 33.5 Å². The Morgan fingerprint density at radius 1 is 0.857 bits per heavy atom. The minimum absolute atomic E-state index is 0. The number of ether oxygens (including phenoxy) is 1. The molecule has 1 aliphatic rings. The zero-order valence-electron chi connectivity index (χ0n) is 26.8. The van der Waals surface area contributed by atoms with Gasteiger partial charge < -0.3 is 19.1 Å². The number of rotatable bonds is 4. The molecular weight excluding hydrogens is 700 g/mol. The second-order valence-electron chi connectivity index (χ2n) is 11.4. The maximum Gasteiger partial charge on any atom is 0.135 e. The first kappa shape index (κ1) is 24.5. The van der Waals surface area contributed by atoms with Gasteiger partial charge in [0.05, 0.1) is 0 Å². The van der Waals surface area contributed by atoms with Crippen LogP contribution in [-0.4, -0.2) is 16.5 Å². The second-order valence-corrected chi connectivity index (χ2v) is 11.4. The van der Waals surface area contributed by atoms with Crippen molar-refractivity contribution in [2.75, 3.05) is 16.8 Å². The largest absolute Gasteiger partial charge is 0.509 e. The summed E-state index contributed by atoms with van der Waals surface area (Å²) in [4.78, 5) is 7.85. The number of nitrogens with zero attached hydrogens (tertiary/aromatic N) is 4. The second kappa shape index (κ2) is 10.6. The molecule has 42 heavy (non-hydrogen) atoms. The fourth-order valence-electron chi connectivity index (χ4n) is 5.38. The van der Waals surface area contributed by atoms with Crippen LogP contribution >= 0.6 is 0 Å². The van der Waals surface area contributed by atoms with Crippen molar-refractivity contribution in [3.63, 3.8) is 0 Å². The molecule has 0 atom stereocenters. The number of anilines is 3. The fraction of sp³-hybridized carbons (Fsp3) is 0.167. The van der Waals surface area contributed by atoms with Gasteiger partial charge in [0.2, 0.25) is 0 Å². The predicted molar refractivity (Wildman–Crippen MR) is 167 cm³/mol. The molecule has 6 heteroatoms. The third-order valence-electron chi connectivity index (χ3n) is 7.49. The van der Waals surface area contributed by atoms with Crippen LogP contribution in [0.1, 0.15) is 36.0 Å². The predicted octanol–water partition coefficient (Wildman–Crippen LogP) is 8.88. The molecule has 0 saturated heterocycles. The van der Waals surface area contributed by atoms with Gasteiger partial charge in [0.1, 0.15) is 5.82 Å². The van der Waals surface area contributed by atoms with E-state index in [0.29, 0.717) is 22.9 Å². The molecule has 214 valence electrons. The summed E-state index contributed by atoms with van der Waals surface area (Å²) in [6.07, 6.45) is 1.82. The standard InChI is InChI=1S/C36H31N4O.Pt/c1-24-16-17-37-35(18-24)40-31-11-7-6-10-29(31)30-15-14-27(22-34(30)40)41-28-20-25(36(2,3)4)19-26(21-28)39-23-38(5)32-12-8-9-13-33(32)39;/h6-20,23H,1-5H3;/q-3;/i5D3;. The van der Waals surface area contributed by atoms with Crippen molar-refractivity contribution in [3.8, 4) is 17.3 Å². The van der Waals surface area contributed by atoms with Gasteiger partial charge in [-0.25, -0.2) is 4.98 Å². The van der Waals surface area contributed by atoms with Crippen LogP contribution in [0.4, 0.5) is 17.1 Å². The Morgan fingerprint density at radius 2 is 1.64 bits per heavy atom. The number of para-hydroxylation sites is 3. The Kier molecular flexibility index (Phi) is 6.21. The molecule has 0 amide bonds. The van der Waals surface area contributed by atoms with Crippen molar-refractivity contribution in [2.45, 2.75) is 33.1 Å². The smallest absolute Gasteiger partial charge is 0.135 e. The molecule has 0 saturated carbocycles. The van der Waals surface area contributed by atoms with E-state index < -0.39 is 6.98 Å². The molecule has 1 aliphatic heterocycles. The van der Waals surface area contributed by atoms with Gasteiger partial charge in [0, 0.05) is 59.8 Å². The minimum atomic E-state index is -2.33. The molecule has 6 aromatic rings. The maximum absolute atomic E-state index is 8.10. The first-order chi connectivity index (χ1) is 21.0. The summed E-state index contributed by atoms with van der Waals surface area (Å²) in [5.74, 6) is 1.87. The summed E-state index contributed by atoms with van der Waals surface area (Å²) < 4.78 is 32.9. The van der Waals surface area contributed by atoms with Gasteiger partial charge in [-0.2, -0.15) is 12.7 Å². The van der Waals surface area contributed by atoms with E-state index in [2.05, 4.69) is 73.6 Å². The van der Waals surface area contributed by atoms with Crippen LogP contribution in [-0.2, 0) is 26.5 Å². The van der Waals surface area contributed by atoms with E-state index in [-0.39, 0.29) is 26.5 Å². The average Bonchev–Trinajstić information content (AvgIpc) is 3.53. The Hall–Kier alpha value is -4.08. The van der Waals surface area contributed by atoms with E-state index >= 15 is 0 Å². The number of pyridine rings is 1. The van der Waals surface area contributed by atoms with E-state index in [0.717, 1.165) is 44.4 Å². The average molecular weight is 734 g/mol. The number of hydrogen-bond donors (Lipinski definition) is 0. The normalized spacial score (nSPS) is 14.3. The molecule has 3 heterocycles. The Morgan fingerprint density at radius 3 is 2.43 bits per heavy atom. The zero-order valence-corrected chi connectivity index (χ0v) is 26.0. The molecule has 4 aromatic carbocycles. The Bertz CT molecular complexity index is 2050. The van der Waals surface area contributed by atoms with Crippen molar-refractivity contribution in [3.05, 3.63) is 121 Å². The van der Waals surface area contributed by atoms with Gasteiger partial charge in [-0.1, -0.05) is 56.6 Å². The summed E-state index contributed by atoms with van der Waals surface area (Å²) in [5.41, 5.74) is 5.91. The summed E-state index contributed by atoms with van der Waals surface area (Å²) in [5, 5.41) is 2.16. The number of aryl methyl sites for hydroxylation is 1. The first-order valence-corrected chi connectivity index (χ1v) is 13.6. The SMILES string of the molecule is [2H]C([2H])([2H])N1[CH-]N(c2[c-]c(Oc3[c-]c4c(cc3)c3ccccc3n4-c3cc(C)ccn3)cc(C(C)(C)C)c2)c2ccccc21.[Pt]. The van der Waals surface area contributed by atoms with Crippen LogP contribution in [0.3, 0.4) is 0 Å². The molecule has 0 unspecified atom stereocenters. The van der Waals surface area contributed by atoms with Crippen LogP contribution in [0.2, 0.25) is 0 Å². The fourth-order valence-corrected chi connectivity index (χ4v) is 5.38. The number of fused-ring (bicyclic) bond motifs is 4. The van der Waals surface area contributed by atoms with Crippen LogP contribution in [0.5, 0.6) is 11.5 Å². The number of aromatic nitrogens is 2. The van der Waals surface area contributed by atoms with E-state index in [9.17, 15) is 0 Å². The third kappa shape index (κ3) is 4.86. The minimum Gasteiger partial charge on any atom is -0.509 e. The molecule has 2 aromatic heterocycles. The van der Waals surface area contributed by atoms with Gasteiger partial charge in [-0.3, -0.25) is 0 Å². The Labute approximate surface area is 265 Å². The van der Waals surface area contributed by atoms with Crippen LogP contribution in [0.15, 0.2) is 91.1 Å². The van der Waals surface area contributed by atoms with E-state index in [4.69, 9.17) is 8.85 Å². The molecule has 0 bridgehead atoms. The van der Waals surface area contributed by atoms with Crippen molar-refractivity contribution in [1.82, 2.24) is 9.55 Å². The molecule has 7 rings (SSSR count).